The van der Waals surface area contributed by atoms with Gasteiger partial charge in [0.1, 0.15) is 0 Å². The highest BCUT2D eigenvalue weighted by atomic mass is 16.4. The predicted molar refractivity (Wildman–Crippen MR) is 96.3 cm³/mol. The SMILES string of the molecule is O=C(Nc1ccc(-c2nc3ccccc3c(=O)o2)cc1)C1CCCC1. The van der Waals surface area contributed by atoms with Gasteiger partial charge in [-0.2, -0.15) is 0 Å². The van der Waals surface area contributed by atoms with Crippen molar-refractivity contribution >= 4 is 22.5 Å². The highest BCUT2D eigenvalue weighted by molar-refractivity contribution is 5.92. The Morgan fingerprint density at radius 3 is 2.52 bits per heavy atom. The molecule has 1 fully saturated rings. The Hall–Kier alpha value is -2.95. The molecule has 0 saturated heterocycles. The van der Waals surface area contributed by atoms with Crippen molar-refractivity contribution in [1.82, 2.24) is 4.98 Å². The van der Waals surface area contributed by atoms with E-state index in [1.807, 2.05) is 6.07 Å². The molecule has 0 spiro atoms. The summed E-state index contributed by atoms with van der Waals surface area (Å²) in [7, 11) is 0. The number of fused-ring (bicyclic) bond motifs is 1. The van der Waals surface area contributed by atoms with Crippen LogP contribution in [0.15, 0.2) is 57.7 Å². The molecule has 4 rings (SSSR count). The third-order valence-electron chi connectivity index (χ3n) is 4.66. The third kappa shape index (κ3) is 3.18. The first kappa shape index (κ1) is 15.6. The lowest BCUT2D eigenvalue weighted by Crippen LogP contribution is -2.20. The topological polar surface area (TPSA) is 72.2 Å². The van der Waals surface area contributed by atoms with Gasteiger partial charge >= 0.3 is 5.63 Å². The molecule has 1 saturated carbocycles. The maximum atomic E-state index is 12.2. The Balaban J connectivity index is 1.57. The van der Waals surface area contributed by atoms with Gasteiger partial charge in [0, 0.05) is 17.2 Å². The molecule has 0 radical (unpaired) electrons. The zero-order valence-electron chi connectivity index (χ0n) is 13.7. The second kappa shape index (κ2) is 6.51. The Labute approximate surface area is 144 Å². The summed E-state index contributed by atoms with van der Waals surface area (Å²) in [4.78, 5) is 28.7. The molecule has 1 heterocycles. The van der Waals surface area contributed by atoms with E-state index in [2.05, 4.69) is 10.3 Å². The van der Waals surface area contributed by atoms with E-state index in [-0.39, 0.29) is 17.7 Å². The molecule has 2 aromatic carbocycles. The number of carbonyl (C=O) groups excluding carboxylic acids is 1. The molecule has 0 atom stereocenters. The fourth-order valence-corrected chi connectivity index (χ4v) is 3.27. The van der Waals surface area contributed by atoms with Crippen molar-refractivity contribution in [3.63, 3.8) is 0 Å². The van der Waals surface area contributed by atoms with Crippen LogP contribution in [0.4, 0.5) is 5.69 Å². The predicted octanol–water partition coefficient (Wildman–Crippen LogP) is 3.98. The molecule has 3 aromatic rings. The van der Waals surface area contributed by atoms with Crippen LogP contribution < -0.4 is 10.9 Å². The molecule has 126 valence electrons. The Morgan fingerprint density at radius 1 is 1.04 bits per heavy atom. The fraction of sp³-hybridized carbons (Fsp3) is 0.250. The van der Waals surface area contributed by atoms with Gasteiger partial charge in [0.05, 0.1) is 10.9 Å². The highest BCUT2D eigenvalue weighted by Gasteiger charge is 2.22. The lowest BCUT2D eigenvalue weighted by atomic mass is 10.1. The summed E-state index contributed by atoms with van der Waals surface area (Å²) in [5, 5.41) is 3.42. The average Bonchev–Trinajstić information content (AvgIpc) is 3.17. The summed E-state index contributed by atoms with van der Waals surface area (Å²) in [6.07, 6.45) is 4.19. The number of hydrogen-bond acceptors (Lipinski definition) is 4. The Kier molecular flexibility index (Phi) is 4.06. The van der Waals surface area contributed by atoms with Crippen LogP contribution in [0.1, 0.15) is 25.7 Å². The van der Waals surface area contributed by atoms with Crippen LogP contribution in [0, 0.1) is 5.92 Å². The molecule has 1 amide bonds. The van der Waals surface area contributed by atoms with Crippen molar-refractivity contribution in [2.75, 3.05) is 5.32 Å². The van der Waals surface area contributed by atoms with Gasteiger partial charge in [-0.15, -0.1) is 0 Å². The molecule has 1 aliphatic rings. The third-order valence-corrected chi connectivity index (χ3v) is 4.66. The summed E-state index contributed by atoms with van der Waals surface area (Å²) < 4.78 is 5.32. The van der Waals surface area contributed by atoms with E-state index < -0.39 is 5.63 Å². The molecule has 25 heavy (non-hydrogen) atoms. The first-order valence-electron chi connectivity index (χ1n) is 8.52. The average molecular weight is 334 g/mol. The standard InChI is InChI=1S/C20H18N2O3/c23-18(13-5-1-2-6-13)21-15-11-9-14(10-12-15)19-22-17-8-4-3-7-16(17)20(24)25-19/h3-4,7-13H,1-2,5-6H2,(H,21,23). The summed E-state index contributed by atoms with van der Waals surface area (Å²) in [5.41, 5.74) is 1.64. The quantitative estimate of drug-likeness (QED) is 0.786. The van der Waals surface area contributed by atoms with E-state index in [4.69, 9.17) is 4.42 Å². The van der Waals surface area contributed by atoms with Gasteiger partial charge in [-0.25, -0.2) is 9.78 Å². The molecule has 5 heteroatoms. The lowest BCUT2D eigenvalue weighted by molar-refractivity contribution is -0.119. The molecular formula is C20H18N2O3. The van der Waals surface area contributed by atoms with E-state index in [1.165, 1.54) is 0 Å². The number of anilines is 1. The molecule has 0 unspecified atom stereocenters. The minimum atomic E-state index is -0.404. The smallest absolute Gasteiger partial charge is 0.347 e. The summed E-state index contributed by atoms with van der Waals surface area (Å²) in [6, 6.07) is 14.3. The van der Waals surface area contributed by atoms with E-state index in [9.17, 15) is 9.59 Å². The minimum absolute atomic E-state index is 0.0839. The van der Waals surface area contributed by atoms with E-state index in [0.717, 1.165) is 31.4 Å². The molecule has 0 aliphatic heterocycles. The number of amides is 1. The van der Waals surface area contributed by atoms with Gasteiger partial charge in [-0.05, 0) is 49.2 Å². The zero-order chi connectivity index (χ0) is 17.2. The van der Waals surface area contributed by atoms with E-state index in [1.54, 1.807) is 42.5 Å². The normalized spacial score (nSPS) is 14.7. The Morgan fingerprint density at radius 2 is 1.76 bits per heavy atom. The second-order valence-electron chi connectivity index (χ2n) is 6.37. The first-order chi connectivity index (χ1) is 12.2. The maximum absolute atomic E-state index is 12.2. The van der Waals surface area contributed by atoms with Crippen LogP contribution in [0.25, 0.3) is 22.4 Å². The van der Waals surface area contributed by atoms with Gasteiger partial charge in [0.25, 0.3) is 0 Å². The number of aromatic nitrogens is 1. The molecule has 5 nitrogen and oxygen atoms in total. The van der Waals surface area contributed by atoms with E-state index in [0.29, 0.717) is 16.5 Å². The Bertz CT molecular complexity index is 970. The molecule has 1 aromatic heterocycles. The maximum Gasteiger partial charge on any atom is 0.347 e. The number of hydrogen-bond donors (Lipinski definition) is 1. The van der Waals surface area contributed by atoms with Crippen LogP contribution in [0.3, 0.4) is 0 Å². The van der Waals surface area contributed by atoms with Crippen LogP contribution >= 0.6 is 0 Å². The number of rotatable bonds is 3. The van der Waals surface area contributed by atoms with Crippen LogP contribution in [0.2, 0.25) is 0 Å². The van der Waals surface area contributed by atoms with Crippen molar-refractivity contribution < 1.29 is 9.21 Å². The van der Waals surface area contributed by atoms with Gasteiger partial charge in [0.2, 0.25) is 11.8 Å². The number of para-hydroxylation sites is 1. The monoisotopic (exact) mass is 334 g/mol. The van der Waals surface area contributed by atoms with Crippen LogP contribution in [-0.4, -0.2) is 10.9 Å². The number of carbonyl (C=O) groups is 1. The largest absolute Gasteiger partial charge is 0.403 e. The van der Waals surface area contributed by atoms with Gasteiger partial charge < -0.3 is 9.73 Å². The summed E-state index contributed by atoms with van der Waals surface area (Å²) in [6.45, 7) is 0. The van der Waals surface area contributed by atoms with Crippen LogP contribution in [-0.2, 0) is 4.79 Å². The van der Waals surface area contributed by atoms with Crippen molar-refractivity contribution in [1.29, 1.82) is 0 Å². The zero-order valence-corrected chi connectivity index (χ0v) is 13.7. The molecular weight excluding hydrogens is 316 g/mol. The van der Waals surface area contributed by atoms with Crippen molar-refractivity contribution in [2.45, 2.75) is 25.7 Å². The molecule has 1 N–H and O–H groups in total. The van der Waals surface area contributed by atoms with Crippen LogP contribution in [0.5, 0.6) is 0 Å². The van der Waals surface area contributed by atoms with Crippen molar-refractivity contribution in [3.8, 4) is 11.5 Å². The first-order valence-corrected chi connectivity index (χ1v) is 8.52. The van der Waals surface area contributed by atoms with E-state index >= 15 is 0 Å². The fourth-order valence-electron chi connectivity index (χ4n) is 3.27. The van der Waals surface area contributed by atoms with Gasteiger partial charge in [-0.3, -0.25) is 4.79 Å². The van der Waals surface area contributed by atoms with Gasteiger partial charge in [0.15, 0.2) is 0 Å². The second-order valence-corrected chi connectivity index (χ2v) is 6.37. The lowest BCUT2D eigenvalue weighted by Gasteiger charge is -2.10. The number of benzene rings is 2. The summed E-state index contributed by atoms with van der Waals surface area (Å²) >= 11 is 0. The van der Waals surface area contributed by atoms with Crippen molar-refractivity contribution in [2.24, 2.45) is 5.92 Å². The molecule has 1 aliphatic carbocycles. The van der Waals surface area contributed by atoms with Gasteiger partial charge in [-0.1, -0.05) is 25.0 Å². The number of nitrogens with zero attached hydrogens (tertiary/aromatic N) is 1. The number of nitrogens with one attached hydrogen (secondary N) is 1. The summed E-state index contributed by atoms with van der Waals surface area (Å²) in [5.74, 6) is 0.484. The molecule has 0 bridgehead atoms. The minimum Gasteiger partial charge on any atom is -0.403 e. The van der Waals surface area contributed by atoms with Crippen molar-refractivity contribution in [3.05, 3.63) is 59.0 Å². The highest BCUT2D eigenvalue weighted by Crippen LogP contribution is 2.26.